The fourth-order valence-corrected chi connectivity index (χ4v) is 8.19. The Morgan fingerprint density at radius 3 is 2.59 bits per heavy atom. The minimum Gasteiger partial charge on any atom is -0.484 e. The predicted molar refractivity (Wildman–Crippen MR) is 150 cm³/mol. The first-order valence-corrected chi connectivity index (χ1v) is 14.5. The third-order valence-electron chi connectivity index (χ3n) is 9.86. The van der Waals surface area contributed by atoms with Gasteiger partial charge in [-0.1, -0.05) is 66.7 Å². The summed E-state index contributed by atoms with van der Waals surface area (Å²) in [7, 11) is 1.72. The zero-order valence-corrected chi connectivity index (χ0v) is 22.8. The average Bonchev–Trinajstić information content (AvgIpc) is 3.32. The summed E-state index contributed by atoms with van der Waals surface area (Å²) in [6, 6.07) is 25.7. The van der Waals surface area contributed by atoms with E-state index in [1.54, 1.807) is 7.11 Å². The first-order chi connectivity index (χ1) is 19.1. The molecule has 3 aromatic carbocycles. The van der Waals surface area contributed by atoms with Gasteiger partial charge in [-0.3, -0.25) is 9.69 Å². The molecular weight excluding hydrogens is 486 g/mol. The van der Waals surface area contributed by atoms with E-state index in [-0.39, 0.29) is 23.4 Å². The lowest BCUT2D eigenvalue weighted by molar-refractivity contribution is -0.138. The van der Waals surface area contributed by atoms with Gasteiger partial charge in [0.25, 0.3) is 0 Å². The molecule has 39 heavy (non-hydrogen) atoms. The number of ether oxygens (including phenoxy) is 3. The van der Waals surface area contributed by atoms with Gasteiger partial charge in [0.1, 0.15) is 12.2 Å². The van der Waals surface area contributed by atoms with Gasteiger partial charge in [-0.25, -0.2) is 0 Å². The van der Waals surface area contributed by atoms with E-state index in [1.807, 2.05) is 25.1 Å². The van der Waals surface area contributed by atoms with Crippen LogP contribution < -0.4 is 9.47 Å². The summed E-state index contributed by atoms with van der Waals surface area (Å²) in [6.45, 7) is 4.10. The number of likely N-dealkylation sites (tertiary alicyclic amines) is 1. The molecule has 0 amide bonds. The molecule has 0 aromatic heterocycles. The van der Waals surface area contributed by atoms with Crippen LogP contribution in [0.5, 0.6) is 11.5 Å². The third-order valence-corrected chi connectivity index (χ3v) is 9.86. The fourth-order valence-electron chi connectivity index (χ4n) is 8.19. The van der Waals surface area contributed by atoms with Crippen LogP contribution >= 0.6 is 0 Å². The molecule has 2 aliphatic heterocycles. The highest BCUT2D eigenvalue weighted by Crippen LogP contribution is 2.63. The number of carbonyl (C=O) groups excluding carboxylic acids is 1. The Morgan fingerprint density at radius 2 is 1.82 bits per heavy atom. The van der Waals surface area contributed by atoms with Crippen LogP contribution in [0.15, 0.2) is 72.8 Å². The molecule has 2 aliphatic carbocycles. The van der Waals surface area contributed by atoms with Gasteiger partial charge in [-0.2, -0.15) is 0 Å². The Morgan fingerprint density at radius 1 is 1.05 bits per heavy atom. The lowest BCUT2D eigenvalue weighted by atomic mass is 9.51. The van der Waals surface area contributed by atoms with Crippen molar-refractivity contribution in [3.63, 3.8) is 0 Å². The second-order valence-electron chi connectivity index (χ2n) is 11.8. The molecule has 5 nitrogen and oxygen atoms in total. The van der Waals surface area contributed by atoms with Gasteiger partial charge < -0.3 is 14.2 Å². The molecule has 1 saturated heterocycles. The summed E-state index contributed by atoms with van der Waals surface area (Å²) in [6.07, 6.45) is 3.76. The van der Waals surface area contributed by atoms with Crippen molar-refractivity contribution in [2.24, 2.45) is 5.92 Å². The van der Waals surface area contributed by atoms with Crippen molar-refractivity contribution >= 4 is 5.78 Å². The lowest BCUT2D eigenvalue weighted by Gasteiger charge is -2.57. The Bertz CT molecular complexity index is 1360. The Hall–Kier alpha value is -3.15. The van der Waals surface area contributed by atoms with Crippen LogP contribution in [0.2, 0.25) is 0 Å². The van der Waals surface area contributed by atoms with Crippen molar-refractivity contribution in [3.8, 4) is 11.5 Å². The SMILES string of the molecule is COC(c1ccccc1)C(C)Oc1ccc2c3c1OC1C(=O)CC[C@H]4[C@@H](C2)N(CCc2ccccc2)CC[C@]314. The van der Waals surface area contributed by atoms with Crippen LogP contribution in [0.1, 0.15) is 54.5 Å². The third kappa shape index (κ3) is 3.93. The molecule has 2 heterocycles. The van der Waals surface area contributed by atoms with Crippen molar-refractivity contribution < 1.29 is 19.0 Å². The first-order valence-electron chi connectivity index (χ1n) is 14.5. The Balaban J connectivity index is 1.21. The summed E-state index contributed by atoms with van der Waals surface area (Å²) >= 11 is 0. The van der Waals surface area contributed by atoms with Crippen molar-refractivity contribution in [1.82, 2.24) is 4.90 Å². The molecular formula is C34H37NO4. The monoisotopic (exact) mass is 523 g/mol. The number of Topliss-reactive ketones (excluding diaryl/α,β-unsaturated/α-hetero) is 1. The van der Waals surface area contributed by atoms with Crippen molar-refractivity contribution in [2.45, 2.75) is 68.8 Å². The van der Waals surface area contributed by atoms with Gasteiger partial charge in [0.15, 0.2) is 23.4 Å². The Labute approximate surface area is 231 Å². The highest BCUT2D eigenvalue weighted by molar-refractivity contribution is 5.89. The van der Waals surface area contributed by atoms with Crippen molar-refractivity contribution in [1.29, 1.82) is 0 Å². The standard InChI is InChI=1S/C34H37NO4/c1-22(31(37-2)24-11-7-4-8-12-24)38-29-16-13-25-21-27-26-14-15-28(36)33-34(26,30(25)32(29)39-33)18-20-35(27)19-17-23-9-5-3-6-10-23/h3-13,16,22,26-27,31,33H,14-15,17-21H2,1-2H3/t22?,26-,27+,31?,33?,34-/m0/s1. The quantitative estimate of drug-likeness (QED) is 0.380. The number of piperidine rings is 1. The highest BCUT2D eigenvalue weighted by atomic mass is 16.6. The van der Waals surface area contributed by atoms with E-state index in [1.165, 1.54) is 16.7 Å². The smallest absolute Gasteiger partial charge is 0.174 e. The average molecular weight is 524 g/mol. The van der Waals surface area contributed by atoms with Gasteiger partial charge in [0, 0.05) is 37.1 Å². The minimum atomic E-state index is -0.392. The minimum absolute atomic E-state index is 0.206. The summed E-state index contributed by atoms with van der Waals surface area (Å²) in [5.74, 6) is 2.23. The van der Waals surface area contributed by atoms with E-state index >= 15 is 0 Å². The van der Waals surface area contributed by atoms with Crippen LogP contribution in [-0.2, 0) is 27.8 Å². The van der Waals surface area contributed by atoms with E-state index in [0.717, 1.165) is 55.8 Å². The highest BCUT2D eigenvalue weighted by Gasteiger charge is 2.65. The Kier molecular flexibility index (Phi) is 6.24. The molecule has 3 aromatic rings. The van der Waals surface area contributed by atoms with Crippen LogP contribution in [0.4, 0.5) is 0 Å². The maximum Gasteiger partial charge on any atom is 0.174 e. The largest absolute Gasteiger partial charge is 0.484 e. The number of hydrogen-bond acceptors (Lipinski definition) is 5. The number of methoxy groups -OCH3 is 1. The van der Waals surface area contributed by atoms with Gasteiger partial charge in [0.05, 0.1) is 0 Å². The molecule has 202 valence electrons. The normalized spacial score (nSPS) is 28.4. The van der Waals surface area contributed by atoms with Crippen molar-refractivity contribution in [3.05, 3.63) is 95.1 Å². The first kappa shape index (κ1) is 24.9. The second kappa shape index (κ2) is 9.79. The van der Waals surface area contributed by atoms with Crippen molar-refractivity contribution in [2.75, 3.05) is 20.2 Å². The number of nitrogens with zero attached hydrogens (tertiary/aromatic N) is 1. The summed E-state index contributed by atoms with van der Waals surface area (Å²) < 4.78 is 19.1. The summed E-state index contributed by atoms with van der Waals surface area (Å²) in [4.78, 5) is 16.1. The zero-order valence-electron chi connectivity index (χ0n) is 22.8. The van der Waals surface area contributed by atoms with E-state index in [4.69, 9.17) is 14.2 Å². The van der Waals surface area contributed by atoms with E-state index in [9.17, 15) is 4.79 Å². The summed E-state index contributed by atoms with van der Waals surface area (Å²) in [5.41, 5.74) is 4.84. The van der Waals surface area contributed by atoms with E-state index in [2.05, 4.69) is 59.5 Å². The number of hydrogen-bond donors (Lipinski definition) is 0. The maximum absolute atomic E-state index is 13.4. The molecule has 2 bridgehead atoms. The molecule has 4 aliphatic rings. The zero-order chi connectivity index (χ0) is 26.6. The lowest BCUT2D eigenvalue weighted by Crippen LogP contribution is -2.66. The van der Waals surface area contributed by atoms with Gasteiger partial charge in [-0.05, 0) is 67.8 Å². The van der Waals surface area contributed by atoms with Gasteiger partial charge in [0.2, 0.25) is 0 Å². The molecule has 1 saturated carbocycles. The molecule has 2 fully saturated rings. The number of rotatable bonds is 8. The maximum atomic E-state index is 13.4. The number of benzene rings is 3. The fraction of sp³-hybridized carbons (Fsp3) is 0.441. The molecule has 1 spiro atoms. The van der Waals surface area contributed by atoms with Crippen LogP contribution in [0.25, 0.3) is 0 Å². The predicted octanol–water partition coefficient (Wildman–Crippen LogP) is 5.69. The molecule has 7 rings (SSSR count). The number of carbonyl (C=O) groups is 1. The topological polar surface area (TPSA) is 48.0 Å². The molecule has 0 N–H and O–H groups in total. The van der Waals surface area contributed by atoms with Gasteiger partial charge in [-0.15, -0.1) is 0 Å². The molecule has 0 radical (unpaired) electrons. The van der Waals surface area contributed by atoms with Crippen LogP contribution in [0.3, 0.4) is 0 Å². The number of ketones is 1. The van der Waals surface area contributed by atoms with Crippen LogP contribution in [-0.4, -0.2) is 49.1 Å². The van der Waals surface area contributed by atoms with E-state index in [0.29, 0.717) is 18.4 Å². The summed E-state index contributed by atoms with van der Waals surface area (Å²) in [5, 5.41) is 0. The van der Waals surface area contributed by atoms with Gasteiger partial charge >= 0.3 is 0 Å². The van der Waals surface area contributed by atoms with E-state index < -0.39 is 6.10 Å². The second-order valence-corrected chi connectivity index (χ2v) is 11.8. The van der Waals surface area contributed by atoms with Crippen LogP contribution in [0, 0.1) is 5.92 Å². The molecule has 5 heteroatoms. The molecule has 3 unspecified atom stereocenters. The molecule has 6 atom stereocenters.